The van der Waals surface area contributed by atoms with Gasteiger partial charge in [0.05, 0.1) is 5.52 Å². The fourth-order valence-corrected chi connectivity index (χ4v) is 1.47. The quantitative estimate of drug-likeness (QED) is 0.664. The fourth-order valence-electron chi connectivity index (χ4n) is 1.47. The van der Waals surface area contributed by atoms with Crippen molar-refractivity contribution in [2.75, 3.05) is 0 Å². The van der Waals surface area contributed by atoms with Crippen molar-refractivity contribution in [2.45, 2.75) is 6.92 Å². The molecule has 0 aliphatic rings. The molecule has 2 heterocycles. The van der Waals surface area contributed by atoms with Gasteiger partial charge < -0.3 is 0 Å². The van der Waals surface area contributed by atoms with Crippen LogP contribution in [0.5, 0.6) is 0 Å². The summed E-state index contributed by atoms with van der Waals surface area (Å²) in [6, 6.07) is 13.7. The summed E-state index contributed by atoms with van der Waals surface area (Å²) in [6.07, 6.45) is 3.36. The van der Waals surface area contributed by atoms with E-state index in [2.05, 4.69) is 27.3 Å². The third-order valence-electron chi connectivity index (χ3n) is 2.39. The van der Waals surface area contributed by atoms with Crippen LogP contribution in [0.25, 0.3) is 10.9 Å². The number of ketones is 1. The maximum Gasteiger partial charge on any atom is 0.177 e. The lowest BCUT2D eigenvalue weighted by atomic mass is 10.2. The van der Waals surface area contributed by atoms with Gasteiger partial charge in [-0.05, 0) is 18.2 Å². The summed E-state index contributed by atoms with van der Waals surface area (Å²) in [4.78, 5) is 14.6. The van der Waals surface area contributed by atoms with E-state index >= 15 is 0 Å². The minimum absolute atomic E-state index is 0.0162. The average molecular weight is 239 g/mol. The number of nitrogens with zero attached hydrogens (tertiary/aromatic N) is 2. The number of fused-ring (bicyclic) bond motifs is 1. The predicted octanol–water partition coefficient (Wildman–Crippen LogP) is 2.85. The summed E-state index contributed by atoms with van der Waals surface area (Å²) in [5.74, 6) is 0.0162. The Morgan fingerprint density at radius 3 is 2.44 bits per heavy atom. The Kier molecular flexibility index (Phi) is 3.81. The summed E-state index contributed by atoms with van der Waals surface area (Å²) < 4.78 is 0. The number of carbonyl (C=O) groups is 1. The van der Waals surface area contributed by atoms with Gasteiger partial charge in [0.15, 0.2) is 5.78 Å². The molecule has 4 heteroatoms. The number of aromatic nitrogens is 3. The molecule has 0 unspecified atom stereocenters. The van der Waals surface area contributed by atoms with Crippen LogP contribution < -0.4 is 0 Å². The van der Waals surface area contributed by atoms with Crippen LogP contribution in [-0.2, 0) is 0 Å². The maximum atomic E-state index is 10.4. The highest BCUT2D eigenvalue weighted by Gasteiger charge is 1.95. The van der Waals surface area contributed by atoms with Crippen LogP contribution in [0, 0.1) is 0 Å². The molecule has 0 fully saturated rings. The number of benzene rings is 1. The van der Waals surface area contributed by atoms with Crippen LogP contribution >= 0.6 is 0 Å². The highest BCUT2D eigenvalue weighted by atomic mass is 16.1. The number of carbonyl (C=O) groups excluding carboxylic acids is 1. The Bertz CT molecular complexity index is 567. The fraction of sp³-hybridized carbons (Fsp3) is 0.0714. The molecule has 0 saturated heterocycles. The Morgan fingerprint density at radius 1 is 1.06 bits per heavy atom. The summed E-state index contributed by atoms with van der Waals surface area (Å²) in [6.45, 7) is 1.49. The average Bonchev–Trinajstić information content (AvgIpc) is 2.94. The molecule has 90 valence electrons. The van der Waals surface area contributed by atoms with E-state index in [1.54, 1.807) is 12.3 Å². The largest absolute Gasteiger partial charge is 0.293 e. The molecule has 4 nitrogen and oxygen atoms in total. The van der Waals surface area contributed by atoms with E-state index in [-0.39, 0.29) is 5.78 Å². The second kappa shape index (κ2) is 5.72. The van der Waals surface area contributed by atoms with E-state index in [0.29, 0.717) is 5.69 Å². The van der Waals surface area contributed by atoms with Crippen LogP contribution in [0.15, 0.2) is 54.9 Å². The van der Waals surface area contributed by atoms with Crippen LogP contribution in [0.2, 0.25) is 0 Å². The molecule has 3 aromatic rings. The summed E-state index contributed by atoms with van der Waals surface area (Å²) in [7, 11) is 0. The van der Waals surface area contributed by atoms with E-state index in [9.17, 15) is 4.79 Å². The van der Waals surface area contributed by atoms with Crippen molar-refractivity contribution in [3.8, 4) is 0 Å². The van der Waals surface area contributed by atoms with Crippen molar-refractivity contribution in [2.24, 2.45) is 0 Å². The first-order valence-electron chi connectivity index (χ1n) is 5.57. The van der Waals surface area contributed by atoms with Crippen LogP contribution in [0.3, 0.4) is 0 Å². The number of Topliss-reactive ketones (excluding diaryl/α,β-unsaturated/α-hetero) is 1. The van der Waals surface area contributed by atoms with Gasteiger partial charge in [-0.2, -0.15) is 5.10 Å². The van der Waals surface area contributed by atoms with Crippen molar-refractivity contribution >= 4 is 16.7 Å². The van der Waals surface area contributed by atoms with E-state index in [1.807, 2.05) is 30.5 Å². The first-order chi connectivity index (χ1) is 8.77. The first kappa shape index (κ1) is 12.0. The second-order valence-electron chi connectivity index (χ2n) is 3.72. The van der Waals surface area contributed by atoms with E-state index in [1.165, 1.54) is 12.3 Å². The number of pyridine rings is 1. The summed E-state index contributed by atoms with van der Waals surface area (Å²) in [5, 5.41) is 7.33. The SMILES string of the molecule is CC(=O)c1ccn[nH]1.c1ccc2ncccc2c1. The van der Waals surface area contributed by atoms with Gasteiger partial charge in [-0.15, -0.1) is 0 Å². The molecular weight excluding hydrogens is 226 g/mol. The molecule has 0 atom stereocenters. The zero-order valence-corrected chi connectivity index (χ0v) is 10.00. The molecule has 0 bridgehead atoms. The molecule has 0 saturated carbocycles. The third kappa shape index (κ3) is 3.01. The number of nitrogens with one attached hydrogen (secondary N) is 1. The van der Waals surface area contributed by atoms with Gasteiger partial charge in [-0.1, -0.05) is 24.3 Å². The number of aromatic amines is 1. The van der Waals surface area contributed by atoms with E-state index in [0.717, 1.165) is 5.52 Å². The maximum absolute atomic E-state index is 10.4. The molecule has 3 rings (SSSR count). The first-order valence-corrected chi connectivity index (χ1v) is 5.57. The second-order valence-corrected chi connectivity index (χ2v) is 3.72. The molecule has 2 aromatic heterocycles. The third-order valence-corrected chi connectivity index (χ3v) is 2.39. The Hall–Kier alpha value is -2.49. The minimum atomic E-state index is 0.0162. The van der Waals surface area contributed by atoms with Crippen LogP contribution in [-0.4, -0.2) is 21.0 Å². The Labute approximate surface area is 105 Å². The van der Waals surface area contributed by atoms with Gasteiger partial charge in [0, 0.05) is 24.7 Å². The molecule has 1 aromatic carbocycles. The van der Waals surface area contributed by atoms with Crippen molar-refractivity contribution in [3.05, 3.63) is 60.6 Å². The lowest BCUT2D eigenvalue weighted by Crippen LogP contribution is -1.90. The number of rotatable bonds is 1. The predicted molar refractivity (Wildman–Crippen MR) is 70.3 cm³/mol. The van der Waals surface area contributed by atoms with Crippen molar-refractivity contribution in [1.82, 2.24) is 15.2 Å². The Balaban J connectivity index is 0.000000138. The molecule has 0 radical (unpaired) electrons. The lowest BCUT2D eigenvalue weighted by Gasteiger charge is -1.91. The normalized spacial score (nSPS) is 9.61. The monoisotopic (exact) mass is 239 g/mol. The zero-order valence-electron chi connectivity index (χ0n) is 10.00. The molecule has 1 N–H and O–H groups in total. The molecule has 0 amide bonds. The standard InChI is InChI=1S/C9H7N.C5H6N2O/c1-2-6-9-8(4-1)5-3-7-10-9;1-4(8)5-2-3-6-7-5/h1-7H;2-3H,1H3,(H,6,7). The zero-order chi connectivity index (χ0) is 12.8. The summed E-state index contributed by atoms with van der Waals surface area (Å²) in [5.41, 5.74) is 1.62. The van der Waals surface area contributed by atoms with E-state index < -0.39 is 0 Å². The highest BCUT2D eigenvalue weighted by molar-refractivity contribution is 5.91. The van der Waals surface area contributed by atoms with Crippen LogP contribution in [0.4, 0.5) is 0 Å². The van der Waals surface area contributed by atoms with Gasteiger partial charge in [0.2, 0.25) is 0 Å². The van der Waals surface area contributed by atoms with Gasteiger partial charge in [0.1, 0.15) is 5.69 Å². The van der Waals surface area contributed by atoms with Crippen LogP contribution in [0.1, 0.15) is 17.4 Å². The van der Waals surface area contributed by atoms with Gasteiger partial charge in [-0.25, -0.2) is 0 Å². The molecule has 0 aliphatic carbocycles. The molecular formula is C14H13N3O. The van der Waals surface area contributed by atoms with E-state index in [4.69, 9.17) is 0 Å². The summed E-state index contributed by atoms with van der Waals surface area (Å²) >= 11 is 0. The number of H-pyrrole nitrogens is 1. The van der Waals surface area contributed by atoms with Gasteiger partial charge >= 0.3 is 0 Å². The number of para-hydroxylation sites is 1. The van der Waals surface area contributed by atoms with Crippen molar-refractivity contribution in [3.63, 3.8) is 0 Å². The lowest BCUT2D eigenvalue weighted by molar-refractivity contribution is 0.101. The number of hydrogen-bond acceptors (Lipinski definition) is 3. The Morgan fingerprint density at radius 2 is 1.83 bits per heavy atom. The topological polar surface area (TPSA) is 58.6 Å². The molecule has 18 heavy (non-hydrogen) atoms. The highest BCUT2D eigenvalue weighted by Crippen LogP contribution is 2.07. The van der Waals surface area contributed by atoms with Gasteiger partial charge in [0.25, 0.3) is 0 Å². The minimum Gasteiger partial charge on any atom is -0.293 e. The van der Waals surface area contributed by atoms with Crippen molar-refractivity contribution < 1.29 is 4.79 Å². The molecule has 0 aliphatic heterocycles. The van der Waals surface area contributed by atoms with Gasteiger partial charge in [-0.3, -0.25) is 14.9 Å². The molecule has 0 spiro atoms. The van der Waals surface area contributed by atoms with Crippen molar-refractivity contribution in [1.29, 1.82) is 0 Å². The number of hydrogen-bond donors (Lipinski definition) is 1. The smallest absolute Gasteiger partial charge is 0.177 e.